The number of nitrogens with zero attached hydrogens (tertiary/aromatic N) is 3. The molecule has 2 heterocycles. The first-order chi connectivity index (χ1) is 13.0. The van der Waals surface area contributed by atoms with Gasteiger partial charge in [0.2, 0.25) is 5.69 Å². The Kier molecular flexibility index (Phi) is 5.70. The second-order valence-electron chi connectivity index (χ2n) is 6.14. The summed E-state index contributed by atoms with van der Waals surface area (Å²) >= 11 is 0. The molecule has 0 bridgehead atoms. The van der Waals surface area contributed by atoms with Gasteiger partial charge in [-0.25, -0.2) is 4.79 Å². The molecule has 1 aromatic carbocycles. The number of nitrogens with one attached hydrogen (secondary N) is 1. The maximum atomic E-state index is 12.6. The number of hydrogen-bond donors (Lipinski definition) is 1. The van der Waals surface area contributed by atoms with Gasteiger partial charge >= 0.3 is 5.69 Å². The van der Waals surface area contributed by atoms with E-state index >= 15 is 0 Å². The van der Waals surface area contributed by atoms with Crippen molar-refractivity contribution in [2.24, 2.45) is 0 Å². The van der Waals surface area contributed by atoms with Crippen LogP contribution < -0.4 is 21.3 Å². The molecule has 1 aliphatic rings. The number of amides is 1. The first kappa shape index (κ1) is 18.8. The van der Waals surface area contributed by atoms with Crippen molar-refractivity contribution in [1.29, 1.82) is 0 Å². The Bertz CT molecular complexity index is 926. The lowest BCUT2D eigenvalue weighted by molar-refractivity contribution is 0.0849. The molecule has 0 saturated carbocycles. The Balaban J connectivity index is 1.96. The summed E-state index contributed by atoms with van der Waals surface area (Å²) in [5, 5.41) is 6.70. The molecule has 1 saturated heterocycles. The van der Waals surface area contributed by atoms with Gasteiger partial charge in [0.05, 0.1) is 18.9 Å². The number of benzene rings is 1. The Morgan fingerprint density at radius 1 is 1.33 bits per heavy atom. The van der Waals surface area contributed by atoms with Crippen LogP contribution in [0, 0.1) is 0 Å². The van der Waals surface area contributed by atoms with Crippen LogP contribution in [-0.2, 0) is 11.3 Å². The summed E-state index contributed by atoms with van der Waals surface area (Å²) in [6, 6.07) is 6.60. The molecule has 1 amide bonds. The number of carbonyl (C=O) groups is 1. The minimum absolute atomic E-state index is 0.0603. The van der Waals surface area contributed by atoms with E-state index in [9.17, 15) is 14.4 Å². The second-order valence-corrected chi connectivity index (χ2v) is 6.14. The first-order valence-electron chi connectivity index (χ1n) is 8.83. The largest absolute Gasteiger partial charge is 0.497 e. The lowest BCUT2D eigenvalue weighted by Crippen LogP contribution is -2.46. The Morgan fingerprint density at radius 3 is 2.67 bits per heavy atom. The topological polar surface area (TPSA) is 104 Å². The maximum absolute atomic E-state index is 12.6. The van der Waals surface area contributed by atoms with Crippen molar-refractivity contribution in [1.82, 2.24) is 19.7 Å². The fraction of sp³-hybridized carbons (Fsp3) is 0.444. The summed E-state index contributed by atoms with van der Waals surface area (Å²) in [6.07, 6.45) is 1.75. The minimum atomic E-state index is -0.711. The smallest absolute Gasteiger partial charge is 0.352 e. The van der Waals surface area contributed by atoms with Gasteiger partial charge in [0, 0.05) is 19.7 Å². The van der Waals surface area contributed by atoms with Crippen LogP contribution in [0.15, 0.2) is 33.9 Å². The highest BCUT2D eigenvalue weighted by molar-refractivity contribution is 5.91. The summed E-state index contributed by atoms with van der Waals surface area (Å²) in [5.41, 5.74) is -1.22. The summed E-state index contributed by atoms with van der Waals surface area (Å²) in [7, 11) is 1.53. The number of ether oxygens (including phenoxy) is 2. The van der Waals surface area contributed by atoms with Crippen LogP contribution >= 0.6 is 0 Å². The number of aromatic nitrogens is 3. The Morgan fingerprint density at radius 2 is 2.07 bits per heavy atom. The van der Waals surface area contributed by atoms with Crippen LogP contribution in [0.2, 0.25) is 0 Å². The third-order valence-electron chi connectivity index (χ3n) is 4.42. The van der Waals surface area contributed by atoms with Crippen LogP contribution in [0.4, 0.5) is 0 Å². The molecule has 1 aromatic heterocycles. The van der Waals surface area contributed by atoms with Gasteiger partial charge in [0.25, 0.3) is 11.5 Å². The van der Waals surface area contributed by atoms with E-state index in [1.807, 2.05) is 0 Å². The van der Waals surface area contributed by atoms with Gasteiger partial charge in [0.15, 0.2) is 0 Å². The van der Waals surface area contributed by atoms with Crippen LogP contribution in [0.1, 0.15) is 30.3 Å². The SMILES string of the molecule is CCn1c(=O)c(C(=O)NCC2CCCO2)nn(-c2ccc(OC)cc2)c1=O. The highest BCUT2D eigenvalue weighted by Crippen LogP contribution is 2.13. The normalized spacial score (nSPS) is 16.3. The number of hydrogen-bond acceptors (Lipinski definition) is 6. The van der Waals surface area contributed by atoms with Crippen molar-refractivity contribution in [3.8, 4) is 11.4 Å². The quantitative estimate of drug-likeness (QED) is 0.781. The van der Waals surface area contributed by atoms with Crippen LogP contribution in [0.3, 0.4) is 0 Å². The number of methoxy groups -OCH3 is 1. The highest BCUT2D eigenvalue weighted by Gasteiger charge is 2.22. The third kappa shape index (κ3) is 3.92. The molecule has 27 heavy (non-hydrogen) atoms. The molecule has 0 aliphatic carbocycles. The number of rotatable bonds is 6. The Labute approximate surface area is 155 Å². The predicted molar refractivity (Wildman–Crippen MR) is 97.6 cm³/mol. The highest BCUT2D eigenvalue weighted by atomic mass is 16.5. The molecule has 3 rings (SSSR count). The number of carbonyl (C=O) groups excluding carboxylic acids is 1. The zero-order chi connectivity index (χ0) is 19.4. The van der Waals surface area contributed by atoms with Gasteiger partial charge < -0.3 is 14.8 Å². The van der Waals surface area contributed by atoms with E-state index in [1.165, 1.54) is 7.11 Å². The molecule has 9 nitrogen and oxygen atoms in total. The van der Waals surface area contributed by atoms with Gasteiger partial charge in [-0.1, -0.05) is 0 Å². The van der Waals surface area contributed by atoms with E-state index in [2.05, 4.69) is 10.4 Å². The summed E-state index contributed by atoms with van der Waals surface area (Å²) < 4.78 is 12.6. The lowest BCUT2D eigenvalue weighted by atomic mass is 10.2. The molecule has 1 aliphatic heterocycles. The predicted octanol–water partition coefficient (Wildman–Crippen LogP) is 0.331. The minimum Gasteiger partial charge on any atom is -0.497 e. The molecule has 1 N–H and O–H groups in total. The van der Waals surface area contributed by atoms with Crippen LogP contribution in [0.5, 0.6) is 5.75 Å². The first-order valence-corrected chi connectivity index (χ1v) is 8.83. The van der Waals surface area contributed by atoms with Gasteiger partial charge in [-0.05, 0) is 44.0 Å². The van der Waals surface area contributed by atoms with Crippen molar-refractivity contribution in [2.45, 2.75) is 32.4 Å². The van der Waals surface area contributed by atoms with Crippen molar-refractivity contribution >= 4 is 5.91 Å². The van der Waals surface area contributed by atoms with Crippen molar-refractivity contribution in [3.63, 3.8) is 0 Å². The zero-order valence-electron chi connectivity index (χ0n) is 15.3. The maximum Gasteiger partial charge on any atom is 0.352 e. The molecular weight excluding hydrogens is 352 g/mol. The zero-order valence-corrected chi connectivity index (χ0v) is 15.3. The summed E-state index contributed by atoms with van der Waals surface area (Å²) in [5.74, 6) is -0.00916. The van der Waals surface area contributed by atoms with E-state index in [1.54, 1.807) is 31.2 Å². The third-order valence-corrected chi connectivity index (χ3v) is 4.42. The molecule has 2 aromatic rings. The fourth-order valence-electron chi connectivity index (χ4n) is 2.92. The van der Waals surface area contributed by atoms with Crippen LogP contribution in [-0.4, -0.2) is 46.6 Å². The average Bonchev–Trinajstić information content (AvgIpc) is 3.20. The standard InChI is InChI=1S/C18H22N4O5/c1-3-21-17(24)15(16(23)19-11-14-5-4-10-27-14)20-22(18(21)25)12-6-8-13(26-2)9-7-12/h6-9,14H,3-5,10-11H2,1-2H3,(H,19,23). The summed E-state index contributed by atoms with van der Waals surface area (Å²) in [4.78, 5) is 37.6. The van der Waals surface area contributed by atoms with Gasteiger partial charge in [-0.3, -0.25) is 14.2 Å². The summed E-state index contributed by atoms with van der Waals surface area (Å²) in [6.45, 7) is 2.76. The molecule has 0 spiro atoms. The molecule has 1 fully saturated rings. The van der Waals surface area contributed by atoms with Crippen molar-refractivity contribution in [2.75, 3.05) is 20.3 Å². The molecule has 9 heteroatoms. The van der Waals surface area contributed by atoms with Crippen molar-refractivity contribution < 1.29 is 14.3 Å². The molecule has 144 valence electrons. The molecule has 0 radical (unpaired) electrons. The van der Waals surface area contributed by atoms with Gasteiger partial charge in [-0.2, -0.15) is 9.78 Å². The van der Waals surface area contributed by atoms with E-state index in [4.69, 9.17) is 9.47 Å². The second kappa shape index (κ2) is 8.17. The monoisotopic (exact) mass is 374 g/mol. The van der Waals surface area contributed by atoms with Crippen molar-refractivity contribution in [3.05, 3.63) is 50.8 Å². The van der Waals surface area contributed by atoms with E-state index in [0.29, 0.717) is 24.6 Å². The molecule has 1 unspecified atom stereocenters. The van der Waals surface area contributed by atoms with E-state index in [0.717, 1.165) is 22.1 Å². The van der Waals surface area contributed by atoms with Gasteiger partial charge in [-0.15, -0.1) is 0 Å². The Hall–Kier alpha value is -2.94. The van der Waals surface area contributed by atoms with Gasteiger partial charge in [0.1, 0.15) is 5.75 Å². The fourth-order valence-corrected chi connectivity index (χ4v) is 2.92. The molecular formula is C18H22N4O5. The van der Waals surface area contributed by atoms with Crippen LogP contribution in [0.25, 0.3) is 5.69 Å². The molecule has 1 atom stereocenters. The lowest BCUT2D eigenvalue weighted by Gasteiger charge is -2.13. The van der Waals surface area contributed by atoms with E-state index < -0.39 is 17.2 Å². The van der Waals surface area contributed by atoms with E-state index in [-0.39, 0.29) is 18.3 Å². The average molecular weight is 374 g/mol.